The van der Waals surface area contributed by atoms with E-state index in [4.69, 9.17) is 16.3 Å². The fourth-order valence-electron chi connectivity index (χ4n) is 3.60. The van der Waals surface area contributed by atoms with E-state index in [0.717, 1.165) is 5.56 Å². The molecule has 0 N–H and O–H groups in total. The molecule has 152 valence electrons. The molecule has 3 rings (SSSR count). The van der Waals surface area contributed by atoms with Crippen molar-refractivity contribution in [1.29, 1.82) is 0 Å². The zero-order valence-corrected chi connectivity index (χ0v) is 16.7. The van der Waals surface area contributed by atoms with Crippen LogP contribution in [0.4, 0.5) is 0 Å². The molecule has 1 heterocycles. The van der Waals surface area contributed by atoms with Crippen LogP contribution in [-0.4, -0.2) is 47.2 Å². The Balaban J connectivity index is 1.71. The summed E-state index contributed by atoms with van der Waals surface area (Å²) < 4.78 is 5.80. The maximum atomic E-state index is 12.9. The van der Waals surface area contributed by atoms with Gasteiger partial charge in [0.05, 0.1) is 24.9 Å². The third kappa shape index (κ3) is 4.82. The van der Waals surface area contributed by atoms with Gasteiger partial charge < -0.3 is 9.64 Å². The quantitative estimate of drug-likeness (QED) is 0.171. The molecule has 6 nitrogen and oxygen atoms in total. The maximum Gasteiger partial charge on any atom is 0.255 e. The first-order chi connectivity index (χ1) is 14.0. The number of nitrogens with zero attached hydrogens (tertiary/aromatic N) is 1. The second kappa shape index (κ2) is 9.65. The molecule has 0 bridgehead atoms. The number of amides is 1. The highest BCUT2D eigenvalue weighted by Crippen LogP contribution is 2.34. The van der Waals surface area contributed by atoms with E-state index in [1.807, 2.05) is 0 Å². The molecule has 1 atom stereocenters. The van der Waals surface area contributed by atoms with Crippen molar-refractivity contribution in [2.45, 2.75) is 38.3 Å². The Morgan fingerprint density at radius 2 is 2.10 bits per heavy atom. The number of ether oxygens (including phenoxy) is 1. The molecule has 0 radical (unpaired) electrons. The maximum absolute atomic E-state index is 12.9. The Kier molecular flexibility index (Phi) is 6.99. The Labute approximate surface area is 174 Å². The molecule has 0 aromatic heterocycles. The van der Waals surface area contributed by atoms with Crippen LogP contribution in [0.25, 0.3) is 0 Å². The average Bonchev–Trinajstić information content (AvgIpc) is 2.95. The van der Waals surface area contributed by atoms with E-state index in [1.165, 1.54) is 0 Å². The summed E-state index contributed by atoms with van der Waals surface area (Å²) >= 11 is 5.62. The largest absolute Gasteiger partial charge is 0.489 e. The van der Waals surface area contributed by atoms with E-state index >= 15 is 0 Å². The second-order valence-electron chi connectivity index (χ2n) is 7.04. The SMILES string of the molecule is O=C/C(=C/C=C/COc1cccc2c1CN([C@H]1CCCC(=O)CC1=O)C2=O)CCl. The smallest absolute Gasteiger partial charge is 0.255 e. The van der Waals surface area contributed by atoms with Gasteiger partial charge in [0.2, 0.25) is 0 Å². The highest BCUT2D eigenvalue weighted by atomic mass is 35.5. The molecule has 0 unspecified atom stereocenters. The molecule has 7 heteroatoms. The zero-order valence-electron chi connectivity index (χ0n) is 15.9. The third-order valence-electron chi connectivity index (χ3n) is 5.09. The van der Waals surface area contributed by atoms with E-state index in [9.17, 15) is 19.2 Å². The molecule has 1 saturated carbocycles. The lowest BCUT2D eigenvalue weighted by molar-refractivity contribution is -0.128. The number of ketones is 2. The number of carbonyl (C=O) groups is 4. The number of hydrogen-bond acceptors (Lipinski definition) is 5. The van der Waals surface area contributed by atoms with Crippen molar-refractivity contribution >= 4 is 35.4 Å². The van der Waals surface area contributed by atoms with Crippen molar-refractivity contribution in [2.24, 2.45) is 0 Å². The van der Waals surface area contributed by atoms with Crippen molar-refractivity contribution in [2.75, 3.05) is 12.5 Å². The summed E-state index contributed by atoms with van der Waals surface area (Å²) in [6.07, 6.45) is 7.16. The van der Waals surface area contributed by atoms with Gasteiger partial charge in [-0.2, -0.15) is 0 Å². The highest BCUT2D eigenvalue weighted by molar-refractivity contribution is 6.21. The Hall–Kier alpha value is -2.73. The summed E-state index contributed by atoms with van der Waals surface area (Å²) in [5, 5.41) is 0. The topological polar surface area (TPSA) is 80.8 Å². The fraction of sp³-hybridized carbons (Fsp3) is 0.364. The molecule has 1 aromatic carbocycles. The molecular formula is C22H22ClNO5. The molecule has 2 aliphatic rings. The van der Waals surface area contributed by atoms with Crippen LogP contribution < -0.4 is 4.74 Å². The van der Waals surface area contributed by atoms with Crippen LogP contribution in [0.15, 0.2) is 42.0 Å². The van der Waals surface area contributed by atoms with E-state index < -0.39 is 6.04 Å². The predicted molar refractivity (Wildman–Crippen MR) is 108 cm³/mol. The van der Waals surface area contributed by atoms with Gasteiger partial charge in [0, 0.05) is 23.1 Å². The van der Waals surface area contributed by atoms with Gasteiger partial charge in [-0.25, -0.2) is 0 Å². The van der Waals surface area contributed by atoms with Crippen LogP contribution in [0, 0.1) is 0 Å². The van der Waals surface area contributed by atoms with Crippen LogP contribution in [-0.2, 0) is 20.9 Å². The molecular weight excluding hydrogens is 394 g/mol. The van der Waals surface area contributed by atoms with Gasteiger partial charge in [-0.15, -0.1) is 11.6 Å². The van der Waals surface area contributed by atoms with Crippen molar-refractivity contribution in [3.05, 3.63) is 53.1 Å². The number of hydrogen-bond donors (Lipinski definition) is 0. The number of Topliss-reactive ketones (excluding diaryl/α,β-unsaturated/α-hetero) is 2. The lowest BCUT2D eigenvalue weighted by Gasteiger charge is -2.25. The molecule has 0 saturated heterocycles. The Morgan fingerprint density at radius 1 is 1.28 bits per heavy atom. The monoisotopic (exact) mass is 415 g/mol. The van der Waals surface area contributed by atoms with Crippen LogP contribution in [0.1, 0.15) is 41.6 Å². The first-order valence-electron chi connectivity index (χ1n) is 9.52. The number of allylic oxidation sites excluding steroid dienone is 3. The van der Waals surface area contributed by atoms with Gasteiger partial charge in [0.25, 0.3) is 5.91 Å². The Bertz CT molecular complexity index is 889. The molecule has 0 spiro atoms. The molecule has 1 amide bonds. The molecule has 1 aliphatic carbocycles. The standard InChI is InChI=1S/C22H22ClNO5/c23-12-15(14-25)5-1-2-10-29-21-9-4-7-17-18(21)13-24(22(17)28)19-8-3-6-16(26)11-20(19)27/h1-2,4-5,7,9,14,19H,3,6,8,10-13H2/b2-1+,15-5+/t19-/m0/s1. The van der Waals surface area contributed by atoms with Gasteiger partial charge in [0.15, 0.2) is 5.78 Å². The van der Waals surface area contributed by atoms with E-state index in [1.54, 1.807) is 41.3 Å². The number of fused-ring (bicyclic) bond motifs is 1. The van der Waals surface area contributed by atoms with Gasteiger partial charge in [-0.3, -0.25) is 19.2 Å². The summed E-state index contributed by atoms with van der Waals surface area (Å²) in [4.78, 5) is 49.3. The van der Waals surface area contributed by atoms with Gasteiger partial charge >= 0.3 is 0 Å². The normalized spacial score (nSPS) is 20.2. The van der Waals surface area contributed by atoms with Crippen molar-refractivity contribution in [3.8, 4) is 5.75 Å². The summed E-state index contributed by atoms with van der Waals surface area (Å²) in [6.45, 7) is 0.548. The van der Waals surface area contributed by atoms with Gasteiger partial charge in [-0.05, 0) is 31.1 Å². The lowest BCUT2D eigenvalue weighted by Crippen LogP contribution is -2.41. The fourth-order valence-corrected chi connectivity index (χ4v) is 3.75. The number of halogens is 1. The van der Waals surface area contributed by atoms with Crippen LogP contribution in [0.3, 0.4) is 0 Å². The van der Waals surface area contributed by atoms with Gasteiger partial charge in [-0.1, -0.05) is 18.2 Å². The molecule has 29 heavy (non-hydrogen) atoms. The first-order valence-corrected chi connectivity index (χ1v) is 10.1. The van der Waals surface area contributed by atoms with E-state index in [-0.39, 0.29) is 36.4 Å². The van der Waals surface area contributed by atoms with Crippen molar-refractivity contribution in [1.82, 2.24) is 4.90 Å². The molecule has 1 fully saturated rings. The average molecular weight is 416 g/mol. The zero-order chi connectivity index (χ0) is 20.8. The number of carbonyl (C=O) groups excluding carboxylic acids is 4. The van der Waals surface area contributed by atoms with Gasteiger partial charge in [0.1, 0.15) is 24.4 Å². The number of benzene rings is 1. The first kappa shape index (κ1) is 21.0. The minimum Gasteiger partial charge on any atom is -0.489 e. The molecule has 1 aliphatic heterocycles. The summed E-state index contributed by atoms with van der Waals surface area (Å²) in [5.41, 5.74) is 1.75. The summed E-state index contributed by atoms with van der Waals surface area (Å²) in [6, 6.07) is 4.70. The number of aldehydes is 1. The predicted octanol–water partition coefficient (Wildman–Crippen LogP) is 3.02. The lowest BCUT2D eigenvalue weighted by atomic mass is 10.1. The number of alkyl halides is 1. The van der Waals surface area contributed by atoms with Crippen LogP contribution in [0.5, 0.6) is 5.75 Å². The van der Waals surface area contributed by atoms with E-state index in [0.29, 0.717) is 49.0 Å². The summed E-state index contributed by atoms with van der Waals surface area (Å²) in [5.74, 6) is 0.283. The Morgan fingerprint density at radius 3 is 2.86 bits per heavy atom. The van der Waals surface area contributed by atoms with E-state index in [2.05, 4.69) is 0 Å². The highest BCUT2D eigenvalue weighted by Gasteiger charge is 2.38. The van der Waals surface area contributed by atoms with Crippen molar-refractivity contribution < 1.29 is 23.9 Å². The van der Waals surface area contributed by atoms with Crippen LogP contribution >= 0.6 is 11.6 Å². The van der Waals surface area contributed by atoms with Crippen molar-refractivity contribution in [3.63, 3.8) is 0 Å². The molecule has 1 aromatic rings. The summed E-state index contributed by atoms with van der Waals surface area (Å²) in [7, 11) is 0. The number of rotatable bonds is 7. The third-order valence-corrected chi connectivity index (χ3v) is 5.40. The minimum absolute atomic E-state index is 0.0570. The second-order valence-corrected chi connectivity index (χ2v) is 7.30. The minimum atomic E-state index is -0.559. The van der Waals surface area contributed by atoms with Crippen LogP contribution in [0.2, 0.25) is 0 Å².